The molecule has 1 atom stereocenters. The summed E-state index contributed by atoms with van der Waals surface area (Å²) in [4.78, 5) is 0. The molecular weight excluding hydrogens is 128 g/mol. The summed E-state index contributed by atoms with van der Waals surface area (Å²) < 4.78 is 1.95. The summed E-state index contributed by atoms with van der Waals surface area (Å²) >= 11 is 0. The zero-order valence-corrected chi connectivity index (χ0v) is 5.91. The van der Waals surface area contributed by atoms with E-state index >= 15 is 0 Å². The lowest BCUT2D eigenvalue weighted by molar-refractivity contribution is 0.415. The fraction of sp³-hybridized carbons (Fsp3) is 0.667. The van der Waals surface area contributed by atoms with Gasteiger partial charge in [-0.3, -0.25) is 0 Å². The topological polar surface area (TPSA) is 42.7 Å². The minimum atomic E-state index is 0.406. The van der Waals surface area contributed by atoms with Crippen molar-refractivity contribution in [1.82, 2.24) is 20.3 Å². The summed E-state index contributed by atoms with van der Waals surface area (Å²) in [5, 5.41) is 11.1. The van der Waals surface area contributed by atoms with E-state index in [4.69, 9.17) is 0 Å². The highest BCUT2D eigenvalue weighted by Crippen LogP contribution is 2.12. The van der Waals surface area contributed by atoms with Crippen LogP contribution < -0.4 is 5.32 Å². The minimum absolute atomic E-state index is 0.406. The number of nitrogens with one attached hydrogen (secondary N) is 1. The molecule has 1 aliphatic rings. The van der Waals surface area contributed by atoms with Crippen molar-refractivity contribution in [3.8, 4) is 0 Å². The molecule has 0 aliphatic carbocycles. The van der Waals surface area contributed by atoms with Gasteiger partial charge in [-0.1, -0.05) is 5.21 Å². The second kappa shape index (κ2) is 2.05. The number of nitrogens with zero attached hydrogens (tertiary/aromatic N) is 3. The fourth-order valence-corrected chi connectivity index (χ4v) is 1.27. The second-order valence-electron chi connectivity index (χ2n) is 2.56. The second-order valence-corrected chi connectivity index (χ2v) is 2.56. The maximum atomic E-state index is 3.93. The molecule has 1 aromatic rings. The third-order valence-electron chi connectivity index (χ3n) is 1.87. The van der Waals surface area contributed by atoms with E-state index in [0.29, 0.717) is 6.04 Å². The van der Waals surface area contributed by atoms with Crippen molar-refractivity contribution in [3.05, 3.63) is 11.9 Å². The minimum Gasteiger partial charge on any atom is -0.307 e. The van der Waals surface area contributed by atoms with Crippen LogP contribution in [0.5, 0.6) is 0 Å². The number of fused-ring (bicyclic) bond motifs is 1. The average Bonchev–Trinajstić information content (AvgIpc) is 2.36. The first kappa shape index (κ1) is 5.85. The normalized spacial score (nSPS) is 24.3. The van der Waals surface area contributed by atoms with Crippen molar-refractivity contribution in [1.29, 1.82) is 0 Å². The molecule has 1 N–H and O–H groups in total. The summed E-state index contributed by atoms with van der Waals surface area (Å²) in [6.45, 7) is 4.06. The number of hydrogen-bond acceptors (Lipinski definition) is 3. The van der Waals surface area contributed by atoms with Gasteiger partial charge in [-0.25, -0.2) is 4.68 Å². The molecule has 2 heterocycles. The fourth-order valence-electron chi connectivity index (χ4n) is 1.27. The molecule has 0 radical (unpaired) electrons. The van der Waals surface area contributed by atoms with Crippen molar-refractivity contribution in [2.45, 2.75) is 19.5 Å². The summed E-state index contributed by atoms with van der Waals surface area (Å²) in [6.07, 6.45) is 1.82. The zero-order chi connectivity index (χ0) is 6.97. The molecule has 1 aliphatic heterocycles. The first-order valence-electron chi connectivity index (χ1n) is 3.49. The molecule has 10 heavy (non-hydrogen) atoms. The Morgan fingerprint density at radius 3 is 3.50 bits per heavy atom. The molecular formula is C6H10N4. The molecule has 1 unspecified atom stereocenters. The average molecular weight is 138 g/mol. The standard InChI is InChI=1S/C6H10N4/c1-5-6-4-8-9-10(6)3-2-7-5/h4-5,7H,2-3H2,1H3. The third-order valence-corrected chi connectivity index (χ3v) is 1.87. The predicted molar refractivity (Wildman–Crippen MR) is 36.4 cm³/mol. The molecule has 0 spiro atoms. The van der Waals surface area contributed by atoms with Gasteiger partial charge in [0, 0.05) is 12.6 Å². The van der Waals surface area contributed by atoms with Crippen LogP contribution in [0.15, 0.2) is 6.20 Å². The Labute approximate surface area is 59.2 Å². The van der Waals surface area contributed by atoms with E-state index < -0.39 is 0 Å². The molecule has 0 amide bonds. The van der Waals surface area contributed by atoms with Crippen LogP contribution in [0.25, 0.3) is 0 Å². The van der Waals surface area contributed by atoms with Gasteiger partial charge in [0.05, 0.1) is 18.4 Å². The highest BCUT2D eigenvalue weighted by molar-refractivity contribution is 5.02. The molecule has 2 rings (SSSR count). The third kappa shape index (κ3) is 0.724. The molecule has 0 bridgehead atoms. The summed E-state index contributed by atoms with van der Waals surface area (Å²) in [5.41, 5.74) is 1.19. The summed E-state index contributed by atoms with van der Waals surface area (Å²) in [7, 11) is 0. The van der Waals surface area contributed by atoms with Crippen LogP contribution in [-0.4, -0.2) is 21.5 Å². The maximum absolute atomic E-state index is 3.93. The molecule has 54 valence electrons. The van der Waals surface area contributed by atoms with E-state index in [1.165, 1.54) is 5.69 Å². The lowest BCUT2D eigenvalue weighted by atomic mass is 10.2. The van der Waals surface area contributed by atoms with Crippen LogP contribution in [0, 0.1) is 0 Å². The zero-order valence-electron chi connectivity index (χ0n) is 5.91. The van der Waals surface area contributed by atoms with Gasteiger partial charge in [0.25, 0.3) is 0 Å². The van der Waals surface area contributed by atoms with Crippen molar-refractivity contribution >= 4 is 0 Å². The van der Waals surface area contributed by atoms with Gasteiger partial charge in [-0.05, 0) is 6.92 Å². The molecule has 4 heteroatoms. The van der Waals surface area contributed by atoms with Gasteiger partial charge in [0.1, 0.15) is 0 Å². The van der Waals surface area contributed by atoms with Crippen LogP contribution in [0.4, 0.5) is 0 Å². The molecule has 0 aromatic carbocycles. The van der Waals surface area contributed by atoms with Gasteiger partial charge in [-0.15, -0.1) is 5.10 Å². The SMILES string of the molecule is CC1NCCn2nncc21. The highest BCUT2D eigenvalue weighted by atomic mass is 15.4. The van der Waals surface area contributed by atoms with Crippen molar-refractivity contribution in [2.75, 3.05) is 6.54 Å². The van der Waals surface area contributed by atoms with Crippen molar-refractivity contribution < 1.29 is 0 Å². The largest absolute Gasteiger partial charge is 0.307 e. The van der Waals surface area contributed by atoms with Crippen LogP contribution >= 0.6 is 0 Å². The Morgan fingerprint density at radius 1 is 1.80 bits per heavy atom. The highest BCUT2D eigenvalue weighted by Gasteiger charge is 2.15. The quantitative estimate of drug-likeness (QED) is 0.546. The number of aromatic nitrogens is 3. The molecule has 0 fully saturated rings. The van der Waals surface area contributed by atoms with Crippen molar-refractivity contribution in [3.63, 3.8) is 0 Å². The number of hydrogen-bond donors (Lipinski definition) is 1. The van der Waals surface area contributed by atoms with Gasteiger partial charge in [0.2, 0.25) is 0 Å². The maximum Gasteiger partial charge on any atom is 0.0754 e. The van der Waals surface area contributed by atoms with Crippen molar-refractivity contribution in [2.24, 2.45) is 0 Å². The van der Waals surface area contributed by atoms with Gasteiger partial charge in [0.15, 0.2) is 0 Å². The summed E-state index contributed by atoms with van der Waals surface area (Å²) in [5.74, 6) is 0. The Balaban J connectivity index is 2.41. The lowest BCUT2D eigenvalue weighted by Crippen LogP contribution is -2.31. The first-order chi connectivity index (χ1) is 4.88. The Bertz CT molecular complexity index is 229. The monoisotopic (exact) mass is 138 g/mol. The van der Waals surface area contributed by atoms with E-state index in [1.54, 1.807) is 0 Å². The van der Waals surface area contributed by atoms with Gasteiger partial charge >= 0.3 is 0 Å². The van der Waals surface area contributed by atoms with Crippen LogP contribution in [0.2, 0.25) is 0 Å². The van der Waals surface area contributed by atoms with E-state index in [2.05, 4.69) is 22.6 Å². The van der Waals surface area contributed by atoms with Crippen LogP contribution in [0.3, 0.4) is 0 Å². The van der Waals surface area contributed by atoms with E-state index in [1.807, 2.05) is 10.9 Å². The molecule has 1 aromatic heterocycles. The molecule has 4 nitrogen and oxygen atoms in total. The first-order valence-corrected chi connectivity index (χ1v) is 3.49. The van der Waals surface area contributed by atoms with Crippen LogP contribution in [-0.2, 0) is 6.54 Å². The Morgan fingerprint density at radius 2 is 2.70 bits per heavy atom. The Hall–Kier alpha value is -0.900. The van der Waals surface area contributed by atoms with Crippen LogP contribution in [0.1, 0.15) is 18.7 Å². The van der Waals surface area contributed by atoms with Gasteiger partial charge in [-0.2, -0.15) is 0 Å². The van der Waals surface area contributed by atoms with E-state index in [9.17, 15) is 0 Å². The number of rotatable bonds is 0. The van der Waals surface area contributed by atoms with E-state index in [0.717, 1.165) is 13.1 Å². The lowest BCUT2D eigenvalue weighted by Gasteiger charge is -2.20. The molecule has 0 saturated carbocycles. The predicted octanol–water partition coefficient (Wildman–Crippen LogP) is -0.0577. The van der Waals surface area contributed by atoms with E-state index in [-0.39, 0.29) is 0 Å². The Kier molecular flexibility index (Phi) is 1.20. The molecule has 0 saturated heterocycles. The smallest absolute Gasteiger partial charge is 0.0754 e. The summed E-state index contributed by atoms with van der Waals surface area (Å²) in [6, 6.07) is 0.406. The van der Waals surface area contributed by atoms with Gasteiger partial charge < -0.3 is 5.32 Å².